The molecule has 8 nitrogen and oxygen atoms in total. The molecule has 4 heterocycles. The van der Waals surface area contributed by atoms with Crippen molar-refractivity contribution >= 4 is 17.5 Å². The zero-order chi connectivity index (χ0) is 21.6. The van der Waals surface area contributed by atoms with Gasteiger partial charge < -0.3 is 4.90 Å². The molecule has 1 amide bonds. The highest BCUT2D eigenvalue weighted by molar-refractivity contribution is 6.34. The predicted molar refractivity (Wildman–Crippen MR) is 94.3 cm³/mol. The number of pyridine rings is 1. The van der Waals surface area contributed by atoms with E-state index in [1.807, 2.05) is 0 Å². The van der Waals surface area contributed by atoms with Gasteiger partial charge in [-0.05, 0) is 13.0 Å². The molecule has 3 aromatic heterocycles. The number of fused-ring (bicyclic) bond motifs is 1. The molecule has 0 fully saturated rings. The highest BCUT2D eigenvalue weighted by Crippen LogP contribution is 2.36. The van der Waals surface area contributed by atoms with Gasteiger partial charge in [0.25, 0.3) is 11.9 Å². The largest absolute Gasteiger partial charge is 0.434 e. The van der Waals surface area contributed by atoms with E-state index >= 15 is 0 Å². The highest BCUT2D eigenvalue weighted by atomic mass is 35.5. The Morgan fingerprint density at radius 3 is 2.60 bits per heavy atom. The van der Waals surface area contributed by atoms with Crippen LogP contribution in [-0.2, 0) is 12.6 Å². The smallest absolute Gasteiger partial charge is 0.330 e. The summed E-state index contributed by atoms with van der Waals surface area (Å²) in [6, 6.07) is 0.541. The van der Waals surface area contributed by atoms with Gasteiger partial charge in [-0.3, -0.25) is 9.78 Å². The van der Waals surface area contributed by atoms with Gasteiger partial charge in [0.15, 0.2) is 11.5 Å². The minimum Gasteiger partial charge on any atom is -0.330 e. The summed E-state index contributed by atoms with van der Waals surface area (Å²) in [5, 5.41) is 7.28. The van der Waals surface area contributed by atoms with Crippen LogP contribution in [0.15, 0.2) is 24.7 Å². The van der Waals surface area contributed by atoms with E-state index < -0.39 is 34.7 Å². The molecule has 1 aliphatic rings. The van der Waals surface area contributed by atoms with Crippen molar-refractivity contribution in [1.82, 2.24) is 34.8 Å². The fraction of sp³-hybridized carbons (Fsp3) is 0.294. The number of hydrogen-bond acceptors (Lipinski definition) is 6. The summed E-state index contributed by atoms with van der Waals surface area (Å²) in [6.07, 6.45) is -1.63. The van der Waals surface area contributed by atoms with Crippen molar-refractivity contribution in [2.45, 2.75) is 25.6 Å². The van der Waals surface area contributed by atoms with Crippen LogP contribution in [-0.4, -0.2) is 47.3 Å². The molecule has 0 unspecified atom stereocenters. The van der Waals surface area contributed by atoms with Gasteiger partial charge in [0.1, 0.15) is 5.69 Å². The summed E-state index contributed by atoms with van der Waals surface area (Å²) in [7, 11) is 0. The summed E-state index contributed by atoms with van der Waals surface area (Å²) < 4.78 is 53.6. The SMILES string of the molecule is C[C@H]1c2nnn(-c3ncc(F)cn3)c2CCN1C(=O)c1ccnc(C(F)(F)F)c1Cl. The number of halogens is 5. The molecule has 0 saturated carbocycles. The number of amides is 1. The number of alkyl halides is 3. The van der Waals surface area contributed by atoms with Crippen molar-refractivity contribution in [2.75, 3.05) is 6.54 Å². The lowest BCUT2D eigenvalue weighted by Gasteiger charge is -2.32. The molecule has 0 aromatic carbocycles. The lowest BCUT2D eigenvalue weighted by molar-refractivity contribution is -0.141. The Hall–Kier alpha value is -3.15. The van der Waals surface area contributed by atoms with E-state index in [2.05, 4.69) is 25.3 Å². The zero-order valence-electron chi connectivity index (χ0n) is 15.2. The molecule has 30 heavy (non-hydrogen) atoms. The molecule has 3 aromatic rings. The van der Waals surface area contributed by atoms with Gasteiger partial charge in [0.05, 0.1) is 34.7 Å². The Labute approximate surface area is 171 Å². The third-order valence-electron chi connectivity index (χ3n) is 4.69. The van der Waals surface area contributed by atoms with Gasteiger partial charge in [-0.1, -0.05) is 16.8 Å². The molecule has 4 rings (SSSR count). The van der Waals surface area contributed by atoms with E-state index in [1.54, 1.807) is 6.92 Å². The highest BCUT2D eigenvalue weighted by Gasteiger charge is 2.39. The number of carbonyl (C=O) groups is 1. The van der Waals surface area contributed by atoms with Gasteiger partial charge >= 0.3 is 6.18 Å². The van der Waals surface area contributed by atoms with Crippen LogP contribution in [0.3, 0.4) is 0 Å². The fourth-order valence-corrected chi connectivity index (χ4v) is 3.55. The molecule has 0 radical (unpaired) electrons. The van der Waals surface area contributed by atoms with E-state index in [1.165, 1.54) is 9.58 Å². The molecule has 156 valence electrons. The van der Waals surface area contributed by atoms with Crippen molar-refractivity contribution in [3.05, 3.63) is 58.1 Å². The van der Waals surface area contributed by atoms with E-state index in [9.17, 15) is 22.4 Å². The number of nitrogens with zero attached hydrogens (tertiary/aromatic N) is 7. The molecular weight excluding hydrogens is 430 g/mol. The molecule has 0 N–H and O–H groups in total. The maximum Gasteiger partial charge on any atom is 0.434 e. The topological polar surface area (TPSA) is 89.7 Å². The van der Waals surface area contributed by atoms with Crippen LogP contribution in [0, 0.1) is 5.82 Å². The van der Waals surface area contributed by atoms with Gasteiger partial charge in [0.2, 0.25) is 0 Å². The van der Waals surface area contributed by atoms with E-state index in [0.29, 0.717) is 11.4 Å². The van der Waals surface area contributed by atoms with Gasteiger partial charge in [-0.25, -0.2) is 14.4 Å². The normalized spacial score (nSPS) is 16.5. The zero-order valence-corrected chi connectivity index (χ0v) is 16.0. The lowest BCUT2D eigenvalue weighted by Crippen LogP contribution is -2.39. The van der Waals surface area contributed by atoms with Crippen LogP contribution >= 0.6 is 11.6 Å². The summed E-state index contributed by atoms with van der Waals surface area (Å²) >= 11 is 5.84. The predicted octanol–water partition coefficient (Wildman–Crippen LogP) is 3.02. The van der Waals surface area contributed by atoms with E-state index in [-0.39, 0.29) is 24.5 Å². The molecule has 0 bridgehead atoms. The molecular formula is C17H12ClF4N7O. The van der Waals surface area contributed by atoms with Gasteiger partial charge in [-0.15, -0.1) is 5.10 Å². The number of carbonyl (C=O) groups excluding carboxylic acids is 1. The van der Waals surface area contributed by atoms with Crippen molar-refractivity contribution in [3.8, 4) is 5.95 Å². The second-order valence-corrected chi connectivity index (χ2v) is 6.86. The Bertz CT molecular complexity index is 1120. The maximum atomic E-state index is 13.1. The maximum absolute atomic E-state index is 13.1. The molecule has 0 saturated heterocycles. The average Bonchev–Trinajstić information content (AvgIpc) is 3.13. The van der Waals surface area contributed by atoms with Crippen LogP contribution in [0.1, 0.15) is 40.4 Å². The van der Waals surface area contributed by atoms with Crippen molar-refractivity contribution in [3.63, 3.8) is 0 Å². The Morgan fingerprint density at radius 2 is 1.93 bits per heavy atom. The number of aromatic nitrogens is 6. The second kappa shape index (κ2) is 7.27. The van der Waals surface area contributed by atoms with E-state index in [0.717, 1.165) is 24.7 Å². The van der Waals surface area contributed by atoms with Crippen LogP contribution in [0.4, 0.5) is 17.6 Å². The van der Waals surface area contributed by atoms with Crippen LogP contribution in [0.5, 0.6) is 0 Å². The van der Waals surface area contributed by atoms with Crippen LogP contribution in [0.25, 0.3) is 5.95 Å². The standard InChI is InChI=1S/C17H12ClF4N7O/c1-8-13-11(29(27-26-13)16-24-6-9(19)7-25-16)3-5-28(8)15(30)10-2-4-23-14(12(10)18)17(20,21)22/h2,4,6-8H,3,5H2,1H3/t8-/m0/s1. The van der Waals surface area contributed by atoms with Crippen LogP contribution < -0.4 is 0 Å². The van der Waals surface area contributed by atoms with Crippen molar-refractivity contribution in [2.24, 2.45) is 0 Å². The summed E-state index contributed by atoms with van der Waals surface area (Å²) in [4.78, 5) is 25.3. The average molecular weight is 442 g/mol. The van der Waals surface area contributed by atoms with Crippen molar-refractivity contribution in [1.29, 1.82) is 0 Å². The Kier molecular flexibility index (Phi) is 4.88. The minimum atomic E-state index is -4.79. The molecule has 0 aliphatic carbocycles. The fourth-order valence-electron chi connectivity index (χ4n) is 3.25. The first-order valence-corrected chi connectivity index (χ1v) is 9.01. The summed E-state index contributed by atoms with van der Waals surface area (Å²) in [6.45, 7) is 1.84. The summed E-state index contributed by atoms with van der Waals surface area (Å²) in [5.41, 5.74) is -0.568. The monoisotopic (exact) mass is 441 g/mol. The third-order valence-corrected chi connectivity index (χ3v) is 5.07. The molecule has 1 aliphatic heterocycles. The second-order valence-electron chi connectivity index (χ2n) is 6.48. The van der Waals surface area contributed by atoms with Gasteiger partial charge in [0, 0.05) is 19.2 Å². The Balaban J connectivity index is 1.66. The van der Waals surface area contributed by atoms with Crippen molar-refractivity contribution < 1.29 is 22.4 Å². The van der Waals surface area contributed by atoms with Crippen LogP contribution in [0.2, 0.25) is 5.02 Å². The quantitative estimate of drug-likeness (QED) is 0.568. The number of hydrogen-bond donors (Lipinski definition) is 0. The van der Waals surface area contributed by atoms with E-state index in [4.69, 9.17) is 11.6 Å². The first kappa shape index (κ1) is 20.1. The minimum absolute atomic E-state index is 0.115. The first-order valence-electron chi connectivity index (χ1n) is 8.63. The summed E-state index contributed by atoms with van der Waals surface area (Å²) in [5.74, 6) is -1.17. The first-order chi connectivity index (χ1) is 14.2. The molecule has 13 heteroatoms. The number of rotatable bonds is 2. The molecule has 1 atom stereocenters. The lowest BCUT2D eigenvalue weighted by atomic mass is 10.0. The van der Waals surface area contributed by atoms with Gasteiger partial charge in [-0.2, -0.15) is 17.9 Å². The Morgan fingerprint density at radius 1 is 1.23 bits per heavy atom. The molecule has 0 spiro atoms. The third kappa shape index (κ3) is 3.36.